The van der Waals surface area contributed by atoms with E-state index >= 15 is 0 Å². The Morgan fingerprint density at radius 2 is 2.05 bits per heavy atom. The lowest BCUT2D eigenvalue weighted by Crippen LogP contribution is -2.34. The van der Waals surface area contributed by atoms with Crippen molar-refractivity contribution in [3.63, 3.8) is 0 Å². The highest BCUT2D eigenvalue weighted by Crippen LogP contribution is 2.23. The van der Waals surface area contributed by atoms with Crippen molar-refractivity contribution >= 4 is 15.9 Å². The standard InChI is InChI=1S/C15H18BrN4/c1-11-15(9-20(2,3)4)19(10-18-11)14-6-5-13(16)7-12(14)8-17/h5-7,10H,9H2,1-4H3/q+1. The fourth-order valence-corrected chi connectivity index (χ4v) is 2.48. The number of imidazole rings is 1. The van der Waals surface area contributed by atoms with Crippen LogP contribution in [0, 0.1) is 18.3 Å². The Morgan fingerprint density at radius 3 is 2.65 bits per heavy atom. The van der Waals surface area contributed by atoms with Gasteiger partial charge in [-0.25, -0.2) is 4.98 Å². The number of nitriles is 1. The molecule has 104 valence electrons. The summed E-state index contributed by atoms with van der Waals surface area (Å²) in [5, 5.41) is 9.33. The van der Waals surface area contributed by atoms with E-state index in [4.69, 9.17) is 0 Å². The van der Waals surface area contributed by atoms with Crippen molar-refractivity contribution in [1.82, 2.24) is 9.55 Å². The highest BCUT2D eigenvalue weighted by molar-refractivity contribution is 9.10. The van der Waals surface area contributed by atoms with E-state index in [2.05, 4.69) is 48.1 Å². The quantitative estimate of drug-likeness (QED) is 0.810. The van der Waals surface area contributed by atoms with E-state index in [1.165, 1.54) is 0 Å². The van der Waals surface area contributed by atoms with Crippen molar-refractivity contribution in [3.05, 3.63) is 46.0 Å². The molecule has 0 aliphatic rings. The normalized spacial score (nSPS) is 11.4. The summed E-state index contributed by atoms with van der Waals surface area (Å²) in [5.74, 6) is 0. The summed E-state index contributed by atoms with van der Waals surface area (Å²) < 4.78 is 3.73. The molecule has 20 heavy (non-hydrogen) atoms. The first-order valence-electron chi connectivity index (χ1n) is 6.35. The molecule has 0 aliphatic carbocycles. The molecule has 0 spiro atoms. The Bertz CT molecular complexity index is 674. The molecule has 1 aromatic heterocycles. The molecule has 1 heterocycles. The largest absolute Gasteiger partial charge is 0.326 e. The van der Waals surface area contributed by atoms with Gasteiger partial charge in [0.2, 0.25) is 0 Å². The topological polar surface area (TPSA) is 41.6 Å². The van der Waals surface area contributed by atoms with Gasteiger partial charge in [-0.3, -0.25) is 4.57 Å². The first-order valence-corrected chi connectivity index (χ1v) is 7.14. The molecule has 0 N–H and O–H groups in total. The SMILES string of the molecule is Cc1ncn(-c2ccc(Br)cc2C#N)c1C[N+](C)(C)C. The molecular weight excluding hydrogens is 316 g/mol. The van der Waals surface area contributed by atoms with Crippen molar-refractivity contribution in [2.75, 3.05) is 21.1 Å². The van der Waals surface area contributed by atoms with E-state index in [1.54, 1.807) is 6.33 Å². The summed E-state index contributed by atoms with van der Waals surface area (Å²) in [6, 6.07) is 7.98. The molecule has 0 fully saturated rings. The third kappa shape index (κ3) is 3.09. The molecule has 0 amide bonds. The summed E-state index contributed by atoms with van der Waals surface area (Å²) in [6.45, 7) is 2.86. The zero-order valence-corrected chi connectivity index (χ0v) is 13.8. The minimum atomic E-state index is 0.638. The van der Waals surface area contributed by atoms with Gasteiger partial charge in [-0.05, 0) is 25.1 Å². The second-order valence-electron chi connectivity index (χ2n) is 5.87. The molecule has 2 rings (SSSR count). The number of nitrogens with zero attached hydrogens (tertiary/aromatic N) is 4. The molecule has 2 aromatic rings. The predicted octanol–water partition coefficient (Wildman–Crippen LogP) is 3.02. The first-order chi connectivity index (χ1) is 9.31. The summed E-state index contributed by atoms with van der Waals surface area (Å²) in [5.41, 5.74) is 3.65. The van der Waals surface area contributed by atoms with Crippen molar-refractivity contribution in [2.24, 2.45) is 0 Å². The monoisotopic (exact) mass is 333 g/mol. The van der Waals surface area contributed by atoms with Gasteiger partial charge in [0.25, 0.3) is 0 Å². The second kappa shape index (κ2) is 5.39. The predicted molar refractivity (Wildman–Crippen MR) is 82.5 cm³/mol. The minimum absolute atomic E-state index is 0.638. The van der Waals surface area contributed by atoms with Crippen LogP contribution in [-0.4, -0.2) is 35.2 Å². The van der Waals surface area contributed by atoms with E-state index in [9.17, 15) is 5.26 Å². The third-order valence-electron chi connectivity index (χ3n) is 3.04. The van der Waals surface area contributed by atoms with Crippen LogP contribution in [-0.2, 0) is 6.54 Å². The maximum atomic E-state index is 9.33. The molecule has 0 saturated heterocycles. The number of benzene rings is 1. The number of quaternary nitrogens is 1. The van der Waals surface area contributed by atoms with E-state index in [-0.39, 0.29) is 0 Å². The van der Waals surface area contributed by atoms with Gasteiger partial charge in [-0.1, -0.05) is 15.9 Å². The number of halogens is 1. The highest BCUT2D eigenvalue weighted by Gasteiger charge is 2.18. The van der Waals surface area contributed by atoms with Crippen molar-refractivity contribution in [2.45, 2.75) is 13.5 Å². The zero-order chi connectivity index (χ0) is 14.9. The molecule has 0 atom stereocenters. The van der Waals surface area contributed by atoms with Crippen LogP contribution in [0.1, 0.15) is 17.0 Å². The van der Waals surface area contributed by atoms with E-state index in [0.29, 0.717) is 5.56 Å². The van der Waals surface area contributed by atoms with Crippen LogP contribution in [0.5, 0.6) is 0 Å². The lowest BCUT2D eigenvalue weighted by atomic mass is 10.2. The van der Waals surface area contributed by atoms with Crippen molar-refractivity contribution < 1.29 is 4.48 Å². The highest BCUT2D eigenvalue weighted by atomic mass is 79.9. The number of aryl methyl sites for hydroxylation is 1. The summed E-state index contributed by atoms with van der Waals surface area (Å²) in [4.78, 5) is 4.41. The van der Waals surface area contributed by atoms with Crippen LogP contribution in [0.25, 0.3) is 5.69 Å². The Balaban J connectivity index is 2.57. The Labute approximate surface area is 128 Å². The minimum Gasteiger partial charge on any atom is -0.326 e. The van der Waals surface area contributed by atoms with Gasteiger partial charge in [0.15, 0.2) is 0 Å². The van der Waals surface area contributed by atoms with Crippen molar-refractivity contribution in [1.29, 1.82) is 5.26 Å². The Kier molecular flexibility index (Phi) is 3.98. The molecule has 5 heteroatoms. The van der Waals surface area contributed by atoms with Crippen LogP contribution in [0.4, 0.5) is 0 Å². The van der Waals surface area contributed by atoms with Gasteiger partial charge < -0.3 is 4.48 Å². The fourth-order valence-electron chi connectivity index (χ4n) is 2.12. The summed E-state index contributed by atoms with van der Waals surface area (Å²) >= 11 is 3.40. The number of hydrogen-bond acceptors (Lipinski definition) is 2. The zero-order valence-electron chi connectivity index (χ0n) is 12.2. The molecule has 1 aromatic carbocycles. The van der Waals surface area contributed by atoms with E-state index < -0.39 is 0 Å². The third-order valence-corrected chi connectivity index (χ3v) is 3.53. The maximum absolute atomic E-state index is 9.33. The number of rotatable bonds is 3. The van der Waals surface area contributed by atoms with E-state index in [0.717, 1.165) is 32.6 Å². The van der Waals surface area contributed by atoms with Crippen molar-refractivity contribution in [3.8, 4) is 11.8 Å². The van der Waals surface area contributed by atoms with Gasteiger partial charge in [0, 0.05) is 4.47 Å². The van der Waals surface area contributed by atoms with Gasteiger partial charge in [-0.2, -0.15) is 5.26 Å². The molecule has 0 radical (unpaired) electrons. The van der Waals surface area contributed by atoms with Crippen LogP contribution in [0.3, 0.4) is 0 Å². The van der Waals surface area contributed by atoms with Crippen LogP contribution >= 0.6 is 15.9 Å². The lowest BCUT2D eigenvalue weighted by molar-refractivity contribution is -0.884. The van der Waals surface area contributed by atoms with Gasteiger partial charge in [0.05, 0.1) is 44.4 Å². The summed E-state index contributed by atoms with van der Waals surface area (Å²) in [7, 11) is 6.43. The van der Waals surface area contributed by atoms with Crippen LogP contribution in [0.2, 0.25) is 0 Å². The fraction of sp³-hybridized carbons (Fsp3) is 0.333. The number of aromatic nitrogens is 2. The molecule has 0 saturated carbocycles. The van der Waals surface area contributed by atoms with Gasteiger partial charge in [-0.15, -0.1) is 0 Å². The average Bonchev–Trinajstić information content (AvgIpc) is 2.69. The van der Waals surface area contributed by atoms with E-state index in [1.807, 2.05) is 29.7 Å². The maximum Gasteiger partial charge on any atom is 0.121 e. The average molecular weight is 334 g/mol. The molecule has 0 aliphatic heterocycles. The molecule has 0 bridgehead atoms. The van der Waals surface area contributed by atoms with Gasteiger partial charge in [0.1, 0.15) is 18.3 Å². The lowest BCUT2D eigenvalue weighted by Gasteiger charge is -2.25. The smallest absolute Gasteiger partial charge is 0.121 e. The molecule has 4 nitrogen and oxygen atoms in total. The summed E-state index contributed by atoms with van der Waals surface area (Å²) in [6.07, 6.45) is 1.80. The van der Waals surface area contributed by atoms with Crippen LogP contribution in [0.15, 0.2) is 29.0 Å². The van der Waals surface area contributed by atoms with Gasteiger partial charge >= 0.3 is 0 Å². The second-order valence-corrected chi connectivity index (χ2v) is 6.78. The Hall–Kier alpha value is -1.64. The molecule has 0 unspecified atom stereocenters. The van der Waals surface area contributed by atoms with Crippen LogP contribution < -0.4 is 0 Å². The number of hydrogen-bond donors (Lipinski definition) is 0. The first kappa shape index (κ1) is 14.8. The molecular formula is C15H18BrN4+. The Morgan fingerprint density at radius 1 is 1.35 bits per heavy atom.